The third-order valence-corrected chi connectivity index (χ3v) is 8.75. The molecule has 1 rings (SSSR count). The Kier molecular flexibility index (Phi) is 5.71. The van der Waals surface area contributed by atoms with Crippen molar-refractivity contribution in [1.82, 2.24) is 9.97 Å². The highest BCUT2D eigenvalue weighted by molar-refractivity contribution is 9.10. The molecule has 3 nitrogen and oxygen atoms in total. The van der Waals surface area contributed by atoms with Crippen molar-refractivity contribution in [1.29, 1.82) is 0 Å². The number of rotatable bonds is 5. The van der Waals surface area contributed by atoms with E-state index in [1.807, 2.05) is 0 Å². The van der Waals surface area contributed by atoms with Crippen molar-refractivity contribution in [2.45, 2.75) is 64.8 Å². The van der Waals surface area contributed by atoms with Gasteiger partial charge in [0, 0.05) is 18.8 Å². The maximum Gasteiger partial charge on any atom is 0.192 e. The molecule has 5 heteroatoms. The Bertz CT molecular complexity index is 401. The molecular formula is C14H25BrN2OSi. The SMILES string of the molecule is CCC(Cc1ncc(Br)cn1)O[Si](C)(C)C(C)(C)C. The van der Waals surface area contributed by atoms with E-state index in [1.165, 1.54) is 0 Å². The molecule has 0 aliphatic heterocycles. The molecule has 0 fully saturated rings. The van der Waals surface area contributed by atoms with Crippen molar-refractivity contribution in [3.8, 4) is 0 Å². The summed E-state index contributed by atoms with van der Waals surface area (Å²) in [5.41, 5.74) is 0. The minimum absolute atomic E-state index is 0.210. The van der Waals surface area contributed by atoms with Crippen LogP contribution in [0.2, 0.25) is 18.1 Å². The molecule has 0 radical (unpaired) electrons. The summed E-state index contributed by atoms with van der Waals surface area (Å²) < 4.78 is 7.34. The van der Waals surface area contributed by atoms with Crippen molar-refractivity contribution in [3.63, 3.8) is 0 Å². The smallest absolute Gasteiger partial charge is 0.192 e. The fraction of sp³-hybridized carbons (Fsp3) is 0.714. The Morgan fingerprint density at radius 1 is 1.26 bits per heavy atom. The molecule has 1 heterocycles. The van der Waals surface area contributed by atoms with Crippen LogP contribution in [0.3, 0.4) is 0 Å². The van der Waals surface area contributed by atoms with Gasteiger partial charge in [-0.1, -0.05) is 27.7 Å². The Hall–Kier alpha value is -0.263. The lowest BCUT2D eigenvalue weighted by Crippen LogP contribution is -2.44. The van der Waals surface area contributed by atoms with Crippen molar-refractivity contribution < 1.29 is 4.43 Å². The van der Waals surface area contributed by atoms with Crippen LogP contribution in [0.25, 0.3) is 0 Å². The Labute approximate surface area is 126 Å². The Balaban J connectivity index is 2.72. The molecule has 0 saturated heterocycles. The highest BCUT2D eigenvalue weighted by Gasteiger charge is 2.38. The van der Waals surface area contributed by atoms with E-state index in [4.69, 9.17) is 4.43 Å². The molecule has 1 unspecified atom stereocenters. The second kappa shape index (κ2) is 6.46. The van der Waals surface area contributed by atoms with Gasteiger partial charge in [0.05, 0.1) is 10.6 Å². The molecular weight excluding hydrogens is 320 g/mol. The van der Waals surface area contributed by atoms with Crippen LogP contribution in [-0.4, -0.2) is 24.4 Å². The minimum atomic E-state index is -1.72. The summed E-state index contributed by atoms with van der Waals surface area (Å²) >= 11 is 3.35. The molecule has 0 saturated carbocycles. The van der Waals surface area contributed by atoms with Gasteiger partial charge in [0.15, 0.2) is 8.32 Å². The van der Waals surface area contributed by atoms with E-state index in [9.17, 15) is 0 Å². The molecule has 1 aromatic rings. The van der Waals surface area contributed by atoms with E-state index in [0.717, 1.165) is 23.1 Å². The third kappa shape index (κ3) is 4.97. The summed E-state index contributed by atoms with van der Waals surface area (Å²) in [7, 11) is -1.72. The summed E-state index contributed by atoms with van der Waals surface area (Å²) in [6.07, 6.45) is 5.58. The van der Waals surface area contributed by atoms with Gasteiger partial charge in [-0.25, -0.2) is 9.97 Å². The first-order valence-corrected chi connectivity index (χ1v) is 10.5. The van der Waals surface area contributed by atoms with Crippen LogP contribution in [0.1, 0.15) is 39.9 Å². The van der Waals surface area contributed by atoms with E-state index in [0.29, 0.717) is 0 Å². The van der Waals surface area contributed by atoms with Gasteiger partial charge in [-0.15, -0.1) is 0 Å². The van der Waals surface area contributed by atoms with Crippen LogP contribution in [0.4, 0.5) is 0 Å². The van der Waals surface area contributed by atoms with Gasteiger partial charge >= 0.3 is 0 Å². The zero-order chi connectivity index (χ0) is 14.7. The number of nitrogens with zero attached hydrogens (tertiary/aromatic N) is 2. The number of hydrogen-bond donors (Lipinski definition) is 0. The maximum absolute atomic E-state index is 6.43. The maximum atomic E-state index is 6.43. The predicted octanol–water partition coefficient (Wildman–Crippen LogP) is 4.58. The fourth-order valence-electron chi connectivity index (χ4n) is 1.51. The van der Waals surface area contributed by atoms with E-state index >= 15 is 0 Å². The molecule has 0 aliphatic rings. The van der Waals surface area contributed by atoms with E-state index in [-0.39, 0.29) is 11.1 Å². The fourth-order valence-corrected chi connectivity index (χ4v) is 3.15. The van der Waals surface area contributed by atoms with E-state index < -0.39 is 8.32 Å². The van der Waals surface area contributed by atoms with Gasteiger partial charge in [-0.05, 0) is 40.5 Å². The summed E-state index contributed by atoms with van der Waals surface area (Å²) in [6, 6.07) is 0. The van der Waals surface area contributed by atoms with Gasteiger partial charge in [0.2, 0.25) is 0 Å². The monoisotopic (exact) mass is 344 g/mol. The van der Waals surface area contributed by atoms with Crippen LogP contribution < -0.4 is 0 Å². The molecule has 0 bridgehead atoms. The van der Waals surface area contributed by atoms with Gasteiger partial charge in [-0.3, -0.25) is 0 Å². The summed E-state index contributed by atoms with van der Waals surface area (Å²) in [6.45, 7) is 13.5. The van der Waals surface area contributed by atoms with Crippen LogP contribution in [0, 0.1) is 0 Å². The Morgan fingerprint density at radius 2 is 1.79 bits per heavy atom. The predicted molar refractivity (Wildman–Crippen MR) is 85.8 cm³/mol. The minimum Gasteiger partial charge on any atom is -0.413 e. The highest BCUT2D eigenvalue weighted by atomic mass is 79.9. The second-order valence-corrected chi connectivity index (χ2v) is 12.1. The lowest BCUT2D eigenvalue weighted by Gasteiger charge is -2.39. The topological polar surface area (TPSA) is 35.0 Å². The highest BCUT2D eigenvalue weighted by Crippen LogP contribution is 2.37. The average Bonchev–Trinajstić information content (AvgIpc) is 2.29. The molecule has 0 amide bonds. The molecule has 0 spiro atoms. The van der Waals surface area contributed by atoms with E-state index in [1.54, 1.807) is 12.4 Å². The first-order valence-electron chi connectivity index (χ1n) is 6.80. The molecule has 1 atom stereocenters. The van der Waals surface area contributed by atoms with Crippen molar-refractivity contribution in [3.05, 3.63) is 22.7 Å². The number of halogens is 1. The van der Waals surface area contributed by atoms with Gasteiger partial charge in [0.25, 0.3) is 0 Å². The first-order chi connectivity index (χ1) is 8.65. The third-order valence-electron chi connectivity index (χ3n) is 3.81. The zero-order valence-corrected chi connectivity index (χ0v) is 15.4. The van der Waals surface area contributed by atoms with Crippen molar-refractivity contribution in [2.75, 3.05) is 0 Å². The van der Waals surface area contributed by atoms with Gasteiger partial charge in [-0.2, -0.15) is 0 Å². The van der Waals surface area contributed by atoms with Crippen LogP contribution in [0.15, 0.2) is 16.9 Å². The summed E-state index contributed by atoms with van der Waals surface area (Å²) in [5, 5.41) is 0.237. The molecule has 0 aromatic carbocycles. The Morgan fingerprint density at radius 3 is 2.21 bits per heavy atom. The molecule has 108 valence electrons. The molecule has 0 aliphatic carbocycles. The van der Waals surface area contributed by atoms with Gasteiger partial charge in [0.1, 0.15) is 5.82 Å². The first kappa shape index (κ1) is 16.8. The lowest BCUT2D eigenvalue weighted by molar-refractivity contribution is 0.174. The van der Waals surface area contributed by atoms with Crippen molar-refractivity contribution >= 4 is 24.2 Å². The molecule has 19 heavy (non-hydrogen) atoms. The lowest BCUT2D eigenvalue weighted by atomic mass is 10.2. The van der Waals surface area contributed by atoms with Crippen LogP contribution in [-0.2, 0) is 10.8 Å². The largest absolute Gasteiger partial charge is 0.413 e. The van der Waals surface area contributed by atoms with Crippen LogP contribution >= 0.6 is 15.9 Å². The number of hydrogen-bond acceptors (Lipinski definition) is 3. The summed E-state index contributed by atoms with van der Waals surface area (Å²) in [5.74, 6) is 0.855. The molecule has 1 aromatic heterocycles. The van der Waals surface area contributed by atoms with Gasteiger partial charge < -0.3 is 4.43 Å². The quantitative estimate of drug-likeness (QED) is 0.733. The van der Waals surface area contributed by atoms with Crippen LogP contribution in [0.5, 0.6) is 0 Å². The summed E-state index contributed by atoms with van der Waals surface area (Å²) in [4.78, 5) is 8.67. The second-order valence-electron chi connectivity index (χ2n) is 6.43. The molecule has 0 N–H and O–H groups in total. The van der Waals surface area contributed by atoms with Crippen molar-refractivity contribution in [2.24, 2.45) is 0 Å². The average molecular weight is 345 g/mol. The standard InChI is InChI=1S/C14H25BrN2OSi/c1-7-12(18-19(5,6)14(2,3)4)8-13-16-9-11(15)10-17-13/h9-10,12H,7-8H2,1-6H3. The van der Waals surface area contributed by atoms with E-state index in [2.05, 4.69) is 66.7 Å². The normalized spacial score (nSPS) is 14.5. The number of aromatic nitrogens is 2. The zero-order valence-electron chi connectivity index (χ0n) is 12.8.